The number of para-hydroxylation sites is 1. The van der Waals surface area contributed by atoms with Gasteiger partial charge in [-0.25, -0.2) is 8.42 Å². The number of amides is 2. The zero-order valence-electron chi connectivity index (χ0n) is 16.5. The summed E-state index contributed by atoms with van der Waals surface area (Å²) in [5.41, 5.74) is 2.33. The van der Waals surface area contributed by atoms with Gasteiger partial charge in [-0.2, -0.15) is 0 Å². The predicted molar refractivity (Wildman–Crippen MR) is 113 cm³/mol. The maximum Gasteiger partial charge on any atom is 0.253 e. The second-order valence-electron chi connectivity index (χ2n) is 7.33. The van der Waals surface area contributed by atoms with Gasteiger partial charge in [0.15, 0.2) is 0 Å². The third-order valence-electron chi connectivity index (χ3n) is 4.97. The van der Waals surface area contributed by atoms with Crippen molar-refractivity contribution < 1.29 is 18.0 Å². The van der Waals surface area contributed by atoms with E-state index in [0.29, 0.717) is 37.2 Å². The number of anilines is 2. The van der Waals surface area contributed by atoms with Gasteiger partial charge in [-0.1, -0.05) is 24.3 Å². The standard InChI is InChI=1S/C21H25N3O4S/c1-15-8-9-17(14-19(15)23-29(2,27)28)21(26)24-12-10-16(11-13-24)20(25)22-18-6-4-3-5-7-18/h3-9,14,16,23H,10-13H2,1-2H3,(H,22,25). The smallest absolute Gasteiger partial charge is 0.253 e. The van der Waals surface area contributed by atoms with Gasteiger partial charge >= 0.3 is 0 Å². The fourth-order valence-electron chi connectivity index (χ4n) is 3.36. The quantitative estimate of drug-likeness (QED) is 0.785. The van der Waals surface area contributed by atoms with Crippen LogP contribution in [0.5, 0.6) is 0 Å². The first-order chi connectivity index (χ1) is 13.7. The highest BCUT2D eigenvalue weighted by Crippen LogP contribution is 2.23. The van der Waals surface area contributed by atoms with Gasteiger partial charge in [-0.15, -0.1) is 0 Å². The van der Waals surface area contributed by atoms with E-state index in [0.717, 1.165) is 17.5 Å². The fourth-order valence-corrected chi connectivity index (χ4v) is 3.98. The molecule has 1 heterocycles. The molecule has 1 aliphatic heterocycles. The van der Waals surface area contributed by atoms with Crippen LogP contribution in [0.2, 0.25) is 0 Å². The molecule has 2 amide bonds. The molecule has 3 rings (SSSR count). The van der Waals surface area contributed by atoms with E-state index in [1.54, 1.807) is 30.0 Å². The Kier molecular flexibility index (Phi) is 6.22. The minimum atomic E-state index is -3.43. The lowest BCUT2D eigenvalue weighted by Crippen LogP contribution is -2.41. The van der Waals surface area contributed by atoms with Gasteiger partial charge in [-0.3, -0.25) is 14.3 Å². The largest absolute Gasteiger partial charge is 0.339 e. The molecule has 1 fully saturated rings. The summed E-state index contributed by atoms with van der Waals surface area (Å²) in [6.45, 7) is 2.74. The van der Waals surface area contributed by atoms with Gasteiger partial charge < -0.3 is 10.2 Å². The Labute approximate surface area is 171 Å². The third-order valence-corrected chi connectivity index (χ3v) is 5.56. The lowest BCUT2D eigenvalue weighted by Gasteiger charge is -2.31. The number of piperidine rings is 1. The Hall–Kier alpha value is -2.87. The Bertz CT molecular complexity index is 998. The number of hydrogen-bond donors (Lipinski definition) is 2. The lowest BCUT2D eigenvalue weighted by atomic mass is 9.95. The van der Waals surface area contributed by atoms with Crippen LogP contribution < -0.4 is 10.0 Å². The van der Waals surface area contributed by atoms with Crippen molar-refractivity contribution in [3.8, 4) is 0 Å². The maximum atomic E-state index is 12.8. The summed E-state index contributed by atoms with van der Waals surface area (Å²) in [4.78, 5) is 27.0. The molecule has 0 aromatic heterocycles. The predicted octanol–water partition coefficient (Wildman–Crippen LogP) is 2.86. The Morgan fingerprint density at radius 2 is 1.69 bits per heavy atom. The first-order valence-electron chi connectivity index (χ1n) is 9.46. The van der Waals surface area contributed by atoms with E-state index >= 15 is 0 Å². The normalized spacial score (nSPS) is 15.0. The Morgan fingerprint density at radius 1 is 1.03 bits per heavy atom. The fraction of sp³-hybridized carbons (Fsp3) is 0.333. The first kappa shape index (κ1) is 20.9. The molecule has 0 atom stereocenters. The summed E-state index contributed by atoms with van der Waals surface area (Å²) in [5.74, 6) is -0.332. The average molecular weight is 416 g/mol. The summed E-state index contributed by atoms with van der Waals surface area (Å²) in [6.07, 6.45) is 2.25. The highest BCUT2D eigenvalue weighted by Gasteiger charge is 2.28. The highest BCUT2D eigenvalue weighted by molar-refractivity contribution is 7.92. The number of carbonyl (C=O) groups is 2. The van der Waals surface area contributed by atoms with E-state index in [-0.39, 0.29) is 17.7 Å². The molecular formula is C21H25N3O4S. The van der Waals surface area contributed by atoms with Crippen molar-refractivity contribution >= 4 is 33.2 Å². The van der Waals surface area contributed by atoms with Crippen LogP contribution >= 0.6 is 0 Å². The number of aryl methyl sites for hydroxylation is 1. The molecule has 0 bridgehead atoms. The zero-order chi connectivity index (χ0) is 21.0. The van der Waals surface area contributed by atoms with Crippen molar-refractivity contribution in [1.82, 2.24) is 4.90 Å². The number of benzene rings is 2. The van der Waals surface area contributed by atoms with Gasteiger partial charge in [0.05, 0.1) is 11.9 Å². The topological polar surface area (TPSA) is 95.6 Å². The molecular weight excluding hydrogens is 390 g/mol. The second-order valence-corrected chi connectivity index (χ2v) is 9.07. The van der Waals surface area contributed by atoms with Gasteiger partial charge in [0.2, 0.25) is 15.9 Å². The molecule has 2 N–H and O–H groups in total. The van der Waals surface area contributed by atoms with Crippen molar-refractivity contribution in [3.05, 3.63) is 59.7 Å². The molecule has 0 spiro atoms. The molecule has 1 saturated heterocycles. The minimum absolute atomic E-state index is 0.0294. The van der Waals surface area contributed by atoms with E-state index in [1.165, 1.54) is 0 Å². The van der Waals surface area contributed by atoms with Crippen molar-refractivity contribution in [2.24, 2.45) is 5.92 Å². The maximum absolute atomic E-state index is 12.8. The Morgan fingerprint density at radius 3 is 2.31 bits per heavy atom. The lowest BCUT2D eigenvalue weighted by molar-refractivity contribution is -0.121. The van der Waals surface area contributed by atoms with Crippen LogP contribution in [0.3, 0.4) is 0 Å². The number of rotatable bonds is 5. The van der Waals surface area contributed by atoms with E-state index in [4.69, 9.17) is 0 Å². The molecule has 8 heteroatoms. The van der Waals surface area contributed by atoms with Gasteiger partial charge in [0.25, 0.3) is 5.91 Å². The number of likely N-dealkylation sites (tertiary alicyclic amines) is 1. The van der Waals surface area contributed by atoms with Crippen LogP contribution in [0, 0.1) is 12.8 Å². The number of carbonyl (C=O) groups excluding carboxylic acids is 2. The van der Waals surface area contributed by atoms with Crippen LogP contribution in [-0.2, 0) is 14.8 Å². The van der Waals surface area contributed by atoms with E-state index < -0.39 is 10.0 Å². The second kappa shape index (κ2) is 8.65. The Balaban J connectivity index is 1.61. The van der Waals surface area contributed by atoms with Crippen molar-refractivity contribution in [1.29, 1.82) is 0 Å². The molecule has 29 heavy (non-hydrogen) atoms. The van der Waals surface area contributed by atoms with Crippen LogP contribution in [0.1, 0.15) is 28.8 Å². The zero-order valence-corrected chi connectivity index (χ0v) is 17.3. The van der Waals surface area contributed by atoms with Crippen molar-refractivity contribution in [2.75, 3.05) is 29.4 Å². The molecule has 1 aliphatic rings. The average Bonchev–Trinajstić information content (AvgIpc) is 2.69. The summed E-state index contributed by atoms with van der Waals surface area (Å²) >= 11 is 0. The van der Waals surface area contributed by atoms with Gasteiger partial charge in [-0.05, 0) is 49.6 Å². The molecule has 7 nitrogen and oxygen atoms in total. The molecule has 2 aromatic carbocycles. The van der Waals surface area contributed by atoms with Crippen molar-refractivity contribution in [2.45, 2.75) is 19.8 Å². The van der Waals surface area contributed by atoms with Gasteiger partial charge in [0, 0.05) is 30.3 Å². The molecule has 154 valence electrons. The van der Waals surface area contributed by atoms with E-state index in [2.05, 4.69) is 10.0 Å². The molecule has 0 unspecified atom stereocenters. The monoisotopic (exact) mass is 415 g/mol. The summed E-state index contributed by atoms with van der Waals surface area (Å²) in [5, 5.41) is 2.92. The summed E-state index contributed by atoms with van der Waals surface area (Å²) < 4.78 is 25.5. The highest BCUT2D eigenvalue weighted by atomic mass is 32.2. The minimum Gasteiger partial charge on any atom is -0.339 e. The van der Waals surface area contributed by atoms with Crippen LogP contribution in [0.25, 0.3) is 0 Å². The van der Waals surface area contributed by atoms with E-state index in [9.17, 15) is 18.0 Å². The molecule has 0 aliphatic carbocycles. The molecule has 0 radical (unpaired) electrons. The van der Waals surface area contributed by atoms with Crippen molar-refractivity contribution in [3.63, 3.8) is 0 Å². The molecule has 2 aromatic rings. The first-order valence-corrected chi connectivity index (χ1v) is 11.4. The van der Waals surface area contributed by atoms with Gasteiger partial charge in [0.1, 0.15) is 0 Å². The number of sulfonamides is 1. The number of nitrogens with one attached hydrogen (secondary N) is 2. The number of hydrogen-bond acceptors (Lipinski definition) is 4. The SMILES string of the molecule is Cc1ccc(C(=O)N2CCC(C(=O)Nc3ccccc3)CC2)cc1NS(C)(=O)=O. The number of nitrogens with zero attached hydrogens (tertiary/aromatic N) is 1. The third kappa shape index (κ3) is 5.57. The van der Waals surface area contributed by atoms with Crippen LogP contribution in [-0.4, -0.2) is 44.5 Å². The summed E-state index contributed by atoms with van der Waals surface area (Å²) in [7, 11) is -3.43. The van der Waals surface area contributed by atoms with Crippen LogP contribution in [0.4, 0.5) is 11.4 Å². The van der Waals surface area contributed by atoms with Crippen LogP contribution in [0.15, 0.2) is 48.5 Å². The molecule has 0 saturated carbocycles. The van der Waals surface area contributed by atoms with E-state index in [1.807, 2.05) is 30.3 Å². The summed E-state index contributed by atoms with van der Waals surface area (Å²) in [6, 6.07) is 14.3.